The minimum absolute atomic E-state index is 0.223. The fraction of sp³-hybridized carbons (Fsp3) is 0.111. The molecule has 0 aliphatic rings. The van der Waals surface area contributed by atoms with Crippen LogP contribution in [0.15, 0.2) is 48.5 Å². The lowest BCUT2D eigenvalue weighted by Crippen LogP contribution is -2.21. The van der Waals surface area contributed by atoms with Gasteiger partial charge in [-0.1, -0.05) is 18.2 Å². The van der Waals surface area contributed by atoms with Gasteiger partial charge < -0.3 is 16.0 Å². The zero-order chi connectivity index (χ0) is 18.7. The highest BCUT2D eigenvalue weighted by atomic mass is 16.2. The Morgan fingerprint density at radius 3 is 2.19 bits per heavy atom. The third-order valence-electron chi connectivity index (χ3n) is 3.51. The molecule has 0 saturated carbocycles. The maximum absolute atomic E-state index is 12.6. The molecule has 8 heteroatoms. The van der Waals surface area contributed by atoms with Crippen LogP contribution in [0.2, 0.25) is 0 Å². The van der Waals surface area contributed by atoms with Crippen molar-refractivity contribution < 1.29 is 14.4 Å². The Morgan fingerprint density at radius 1 is 0.846 bits per heavy atom. The van der Waals surface area contributed by atoms with E-state index < -0.39 is 6.03 Å². The van der Waals surface area contributed by atoms with Gasteiger partial charge >= 0.3 is 6.03 Å². The summed E-state index contributed by atoms with van der Waals surface area (Å²) in [7, 11) is 0. The van der Waals surface area contributed by atoms with Gasteiger partial charge in [-0.05, 0) is 30.3 Å². The number of nitrogens with zero attached hydrogens (tertiary/aromatic N) is 2. The summed E-state index contributed by atoms with van der Waals surface area (Å²) in [6.45, 7) is 2.75. The molecule has 1 heterocycles. The maximum Gasteiger partial charge on any atom is 0.347 e. The molecule has 3 aromatic rings. The molecular formula is C18H17N5O3. The van der Waals surface area contributed by atoms with Gasteiger partial charge in [0.05, 0.1) is 5.52 Å². The van der Waals surface area contributed by atoms with Crippen molar-refractivity contribution in [3.8, 4) is 0 Å². The topological polar surface area (TPSA) is 105 Å². The molecule has 3 rings (SSSR count). The third kappa shape index (κ3) is 3.69. The molecule has 0 radical (unpaired) electrons. The van der Waals surface area contributed by atoms with Crippen molar-refractivity contribution in [3.63, 3.8) is 0 Å². The predicted molar refractivity (Wildman–Crippen MR) is 99.2 cm³/mol. The SMILES string of the molecule is CC(=O)Nc1ccc2c(c1)c(NC(C)=O)nn2C(=O)Nc1ccccc1. The Labute approximate surface area is 149 Å². The van der Waals surface area contributed by atoms with Crippen LogP contribution in [0.1, 0.15) is 13.8 Å². The van der Waals surface area contributed by atoms with Crippen molar-refractivity contribution >= 4 is 45.9 Å². The van der Waals surface area contributed by atoms with E-state index in [2.05, 4.69) is 21.0 Å². The summed E-state index contributed by atoms with van der Waals surface area (Å²) in [5, 5.41) is 12.8. The second kappa shape index (κ2) is 7.06. The van der Waals surface area contributed by atoms with Crippen LogP contribution in [0.4, 0.5) is 22.0 Å². The zero-order valence-corrected chi connectivity index (χ0v) is 14.2. The van der Waals surface area contributed by atoms with Gasteiger partial charge in [0.2, 0.25) is 11.8 Å². The molecule has 3 amide bonds. The molecule has 8 nitrogen and oxygen atoms in total. The van der Waals surface area contributed by atoms with Crippen LogP contribution in [-0.2, 0) is 9.59 Å². The smallest absolute Gasteiger partial charge is 0.326 e. The largest absolute Gasteiger partial charge is 0.347 e. The molecule has 132 valence electrons. The van der Waals surface area contributed by atoms with Crippen LogP contribution in [0.3, 0.4) is 0 Å². The van der Waals surface area contributed by atoms with E-state index in [1.165, 1.54) is 18.5 Å². The van der Waals surface area contributed by atoms with Crippen LogP contribution in [-0.4, -0.2) is 27.6 Å². The Balaban J connectivity index is 2.03. The highest BCUT2D eigenvalue weighted by Gasteiger charge is 2.17. The molecule has 3 N–H and O–H groups in total. The Bertz CT molecular complexity index is 995. The highest BCUT2D eigenvalue weighted by molar-refractivity contribution is 6.06. The number of hydrogen-bond donors (Lipinski definition) is 3. The first-order valence-corrected chi connectivity index (χ1v) is 7.88. The minimum Gasteiger partial charge on any atom is -0.326 e. The van der Waals surface area contributed by atoms with Gasteiger partial charge in [-0.3, -0.25) is 9.59 Å². The normalized spacial score (nSPS) is 10.4. The first-order chi connectivity index (χ1) is 12.4. The van der Waals surface area contributed by atoms with Gasteiger partial charge in [-0.2, -0.15) is 4.68 Å². The van der Waals surface area contributed by atoms with Gasteiger partial charge in [0, 0.05) is 30.6 Å². The summed E-state index contributed by atoms with van der Waals surface area (Å²) in [4.78, 5) is 35.3. The van der Waals surface area contributed by atoms with Gasteiger partial charge in [0.25, 0.3) is 0 Å². The Morgan fingerprint density at radius 2 is 1.54 bits per heavy atom. The van der Waals surface area contributed by atoms with Crippen molar-refractivity contribution in [3.05, 3.63) is 48.5 Å². The average Bonchev–Trinajstić information content (AvgIpc) is 2.93. The van der Waals surface area contributed by atoms with Gasteiger partial charge in [0.15, 0.2) is 5.82 Å². The monoisotopic (exact) mass is 351 g/mol. The number of benzene rings is 2. The van der Waals surface area contributed by atoms with Gasteiger partial charge in [-0.15, -0.1) is 5.10 Å². The van der Waals surface area contributed by atoms with E-state index in [1.807, 2.05) is 6.07 Å². The summed E-state index contributed by atoms with van der Waals surface area (Å²) in [5.41, 5.74) is 1.66. The van der Waals surface area contributed by atoms with Crippen molar-refractivity contribution in [1.82, 2.24) is 9.78 Å². The average molecular weight is 351 g/mol. The van der Waals surface area contributed by atoms with Gasteiger partial charge in [0.1, 0.15) is 0 Å². The number of anilines is 3. The number of para-hydroxylation sites is 1. The predicted octanol–water partition coefficient (Wildman–Crippen LogP) is 3.03. The molecule has 0 fully saturated rings. The first kappa shape index (κ1) is 17.2. The number of carbonyl (C=O) groups is 3. The fourth-order valence-corrected chi connectivity index (χ4v) is 2.51. The zero-order valence-electron chi connectivity index (χ0n) is 14.2. The fourth-order valence-electron chi connectivity index (χ4n) is 2.51. The number of rotatable bonds is 3. The van der Waals surface area contributed by atoms with E-state index in [0.717, 1.165) is 0 Å². The Hall–Kier alpha value is -3.68. The Kier molecular flexibility index (Phi) is 4.66. The summed E-state index contributed by atoms with van der Waals surface area (Å²) in [6, 6.07) is 13.5. The van der Waals surface area contributed by atoms with Crippen LogP contribution >= 0.6 is 0 Å². The standard InChI is InChI=1S/C18H17N5O3/c1-11(24)19-14-8-9-16-15(10-14)17(20-12(2)25)22-23(16)18(26)21-13-6-4-3-5-7-13/h3-10H,1-2H3,(H,19,24)(H,21,26)(H,20,22,25). The summed E-state index contributed by atoms with van der Waals surface area (Å²) < 4.78 is 1.17. The van der Waals surface area contributed by atoms with E-state index in [4.69, 9.17) is 0 Å². The number of carbonyl (C=O) groups excluding carboxylic acids is 3. The summed E-state index contributed by atoms with van der Waals surface area (Å²) in [5.74, 6) is -0.299. The third-order valence-corrected chi connectivity index (χ3v) is 3.51. The van der Waals surface area contributed by atoms with E-state index in [0.29, 0.717) is 22.3 Å². The molecule has 26 heavy (non-hydrogen) atoms. The quantitative estimate of drug-likeness (QED) is 0.674. The number of fused-ring (bicyclic) bond motifs is 1. The van der Waals surface area contributed by atoms with Crippen molar-refractivity contribution in [2.75, 3.05) is 16.0 Å². The van der Waals surface area contributed by atoms with Gasteiger partial charge in [-0.25, -0.2) is 4.79 Å². The molecule has 0 aliphatic carbocycles. The van der Waals surface area contributed by atoms with Crippen LogP contribution in [0, 0.1) is 0 Å². The van der Waals surface area contributed by atoms with Crippen molar-refractivity contribution in [2.24, 2.45) is 0 Å². The van der Waals surface area contributed by atoms with Crippen LogP contribution < -0.4 is 16.0 Å². The van der Waals surface area contributed by atoms with E-state index in [-0.39, 0.29) is 17.6 Å². The van der Waals surface area contributed by atoms with E-state index >= 15 is 0 Å². The number of hydrogen-bond acceptors (Lipinski definition) is 4. The van der Waals surface area contributed by atoms with E-state index in [1.54, 1.807) is 42.5 Å². The molecule has 0 atom stereocenters. The number of nitrogens with one attached hydrogen (secondary N) is 3. The highest BCUT2D eigenvalue weighted by Crippen LogP contribution is 2.26. The lowest BCUT2D eigenvalue weighted by Gasteiger charge is -2.06. The molecule has 0 saturated heterocycles. The number of amides is 3. The minimum atomic E-state index is -0.468. The van der Waals surface area contributed by atoms with Crippen molar-refractivity contribution in [2.45, 2.75) is 13.8 Å². The first-order valence-electron chi connectivity index (χ1n) is 7.88. The molecule has 0 unspecified atom stereocenters. The molecule has 1 aromatic heterocycles. The maximum atomic E-state index is 12.6. The number of aromatic nitrogens is 2. The molecule has 0 bridgehead atoms. The van der Waals surface area contributed by atoms with Crippen molar-refractivity contribution in [1.29, 1.82) is 0 Å². The second-order valence-electron chi connectivity index (χ2n) is 5.65. The van der Waals surface area contributed by atoms with Crippen LogP contribution in [0.5, 0.6) is 0 Å². The molecule has 2 aromatic carbocycles. The van der Waals surface area contributed by atoms with E-state index in [9.17, 15) is 14.4 Å². The molecular weight excluding hydrogens is 334 g/mol. The lowest BCUT2D eigenvalue weighted by molar-refractivity contribution is -0.115. The summed E-state index contributed by atoms with van der Waals surface area (Å²) >= 11 is 0. The molecule has 0 aliphatic heterocycles. The van der Waals surface area contributed by atoms with Crippen LogP contribution in [0.25, 0.3) is 10.9 Å². The molecule has 0 spiro atoms. The second-order valence-corrected chi connectivity index (χ2v) is 5.65. The lowest BCUT2D eigenvalue weighted by atomic mass is 10.2. The summed E-state index contributed by atoms with van der Waals surface area (Å²) in [6.07, 6.45) is 0.